The molecule has 0 aromatic heterocycles. The van der Waals surface area contributed by atoms with Gasteiger partial charge in [0.05, 0.1) is 0 Å². The van der Waals surface area contributed by atoms with Crippen molar-refractivity contribution in [3.63, 3.8) is 0 Å². The number of nitrogens with zero attached hydrogens (tertiary/aromatic N) is 2. The third-order valence-electron chi connectivity index (χ3n) is 4.10. The van der Waals surface area contributed by atoms with Gasteiger partial charge in [-0.3, -0.25) is 0 Å². The average molecular weight is 339 g/mol. The zero-order valence-electron chi connectivity index (χ0n) is 11.0. The van der Waals surface area contributed by atoms with E-state index < -0.39 is 10.2 Å². The summed E-state index contributed by atoms with van der Waals surface area (Å²) in [4.78, 5) is 0. The first-order valence-corrected chi connectivity index (χ1v) is 9.37. The molecule has 0 saturated carbocycles. The number of hydrogen-bond acceptors (Lipinski definition) is 2. The Balaban J connectivity index is 2.01. The largest absolute Gasteiger partial charge is 0.281 e. The molecular weight excluding hydrogens is 316 g/mol. The summed E-state index contributed by atoms with van der Waals surface area (Å²) in [5.74, 6) is 1.13. The van der Waals surface area contributed by atoms with Gasteiger partial charge in [0.25, 0.3) is 10.2 Å². The third kappa shape index (κ3) is 3.26. The minimum Gasteiger partial charge on any atom is -0.195 e. The maximum absolute atomic E-state index is 12.5. The number of piperidine rings is 2. The van der Waals surface area contributed by atoms with E-state index in [4.69, 9.17) is 0 Å². The average Bonchev–Trinajstić information content (AvgIpc) is 2.39. The van der Waals surface area contributed by atoms with E-state index in [9.17, 15) is 8.42 Å². The predicted molar refractivity (Wildman–Crippen MR) is 77.0 cm³/mol. The minimum atomic E-state index is -3.21. The second-order valence-corrected chi connectivity index (χ2v) is 8.19. The van der Waals surface area contributed by atoms with Crippen molar-refractivity contribution in [1.29, 1.82) is 0 Å². The molecule has 0 radical (unpaired) electrons. The Labute approximate surface area is 119 Å². The van der Waals surface area contributed by atoms with Gasteiger partial charge in [0.15, 0.2) is 0 Å². The lowest BCUT2D eigenvalue weighted by atomic mass is 10.0. The van der Waals surface area contributed by atoms with E-state index in [-0.39, 0.29) is 0 Å². The maximum atomic E-state index is 12.5. The molecule has 2 heterocycles. The molecular formula is C12H23BrN2O2S. The Morgan fingerprint density at radius 3 is 2.39 bits per heavy atom. The Hall–Kier alpha value is 0.350. The Kier molecular flexibility index (Phi) is 5.08. The molecule has 0 N–H and O–H groups in total. The summed E-state index contributed by atoms with van der Waals surface area (Å²) in [5.41, 5.74) is 0. The summed E-state index contributed by atoms with van der Waals surface area (Å²) < 4.78 is 28.5. The molecule has 1 atom stereocenters. The van der Waals surface area contributed by atoms with Crippen molar-refractivity contribution in [3.8, 4) is 0 Å². The van der Waals surface area contributed by atoms with Crippen LogP contribution in [-0.2, 0) is 10.2 Å². The van der Waals surface area contributed by atoms with E-state index in [2.05, 4.69) is 22.9 Å². The predicted octanol–water partition coefficient (Wildman–Crippen LogP) is 2.07. The van der Waals surface area contributed by atoms with Gasteiger partial charge in [-0.25, -0.2) is 0 Å². The van der Waals surface area contributed by atoms with Crippen LogP contribution in [0.25, 0.3) is 0 Å². The molecule has 0 spiro atoms. The van der Waals surface area contributed by atoms with Crippen LogP contribution in [0.15, 0.2) is 0 Å². The number of halogens is 1. The van der Waals surface area contributed by atoms with Crippen molar-refractivity contribution in [2.24, 2.45) is 11.8 Å². The van der Waals surface area contributed by atoms with E-state index >= 15 is 0 Å². The SMILES string of the molecule is CC1CCN(S(=O)(=O)N2CCCC(CBr)C2)CC1. The molecule has 1 unspecified atom stereocenters. The molecule has 2 rings (SSSR count). The van der Waals surface area contributed by atoms with E-state index in [0.717, 1.165) is 31.0 Å². The summed E-state index contributed by atoms with van der Waals surface area (Å²) in [7, 11) is -3.21. The van der Waals surface area contributed by atoms with Crippen LogP contribution >= 0.6 is 15.9 Å². The molecule has 6 heteroatoms. The molecule has 0 aromatic rings. The summed E-state index contributed by atoms with van der Waals surface area (Å²) in [6.45, 7) is 4.96. The van der Waals surface area contributed by atoms with Crippen LogP contribution in [0.3, 0.4) is 0 Å². The third-order valence-corrected chi connectivity index (χ3v) is 7.01. The highest BCUT2D eigenvalue weighted by Gasteiger charge is 2.34. The van der Waals surface area contributed by atoms with Crippen LogP contribution in [0.5, 0.6) is 0 Å². The van der Waals surface area contributed by atoms with E-state index in [1.54, 1.807) is 8.61 Å². The first kappa shape index (κ1) is 14.8. The van der Waals surface area contributed by atoms with Crippen LogP contribution in [0, 0.1) is 11.8 Å². The highest BCUT2D eigenvalue weighted by atomic mass is 79.9. The summed E-state index contributed by atoms with van der Waals surface area (Å²) >= 11 is 3.47. The van der Waals surface area contributed by atoms with Gasteiger partial charge < -0.3 is 0 Å². The Bertz CT molecular complexity index is 366. The Morgan fingerprint density at radius 1 is 1.11 bits per heavy atom. The van der Waals surface area contributed by atoms with Crippen LogP contribution in [0.2, 0.25) is 0 Å². The topological polar surface area (TPSA) is 40.6 Å². The summed E-state index contributed by atoms with van der Waals surface area (Å²) in [6.07, 6.45) is 4.11. The van der Waals surface area contributed by atoms with Crippen molar-refractivity contribution in [2.75, 3.05) is 31.5 Å². The van der Waals surface area contributed by atoms with Crippen molar-refractivity contribution in [3.05, 3.63) is 0 Å². The van der Waals surface area contributed by atoms with Crippen molar-refractivity contribution in [1.82, 2.24) is 8.61 Å². The lowest BCUT2D eigenvalue weighted by Crippen LogP contribution is -2.50. The quantitative estimate of drug-likeness (QED) is 0.739. The van der Waals surface area contributed by atoms with Gasteiger partial charge in [0.2, 0.25) is 0 Å². The first-order chi connectivity index (χ1) is 8.54. The fourth-order valence-corrected chi connectivity index (χ4v) is 5.03. The zero-order chi connectivity index (χ0) is 13.2. The highest BCUT2D eigenvalue weighted by Crippen LogP contribution is 2.25. The normalized spacial score (nSPS) is 29.6. The second-order valence-electron chi connectivity index (χ2n) is 5.61. The lowest BCUT2D eigenvalue weighted by molar-refractivity contribution is 0.234. The lowest BCUT2D eigenvalue weighted by Gasteiger charge is -2.37. The molecule has 106 valence electrons. The molecule has 0 aromatic carbocycles. The molecule has 2 saturated heterocycles. The van der Waals surface area contributed by atoms with E-state index in [1.807, 2.05) is 0 Å². The van der Waals surface area contributed by atoms with Crippen molar-refractivity contribution >= 4 is 26.1 Å². The highest BCUT2D eigenvalue weighted by molar-refractivity contribution is 9.09. The van der Waals surface area contributed by atoms with Gasteiger partial charge in [-0.1, -0.05) is 22.9 Å². The monoisotopic (exact) mass is 338 g/mol. The first-order valence-electron chi connectivity index (χ1n) is 6.85. The van der Waals surface area contributed by atoms with Crippen LogP contribution in [0.1, 0.15) is 32.6 Å². The maximum Gasteiger partial charge on any atom is 0.281 e. The van der Waals surface area contributed by atoms with Gasteiger partial charge in [0.1, 0.15) is 0 Å². The minimum absolute atomic E-state index is 0.470. The molecule has 4 nitrogen and oxygen atoms in total. The molecule has 0 bridgehead atoms. The van der Waals surface area contributed by atoms with Gasteiger partial charge >= 0.3 is 0 Å². The standard InChI is InChI=1S/C12H23BrN2O2S/c1-11-4-7-14(8-5-11)18(16,17)15-6-2-3-12(9-13)10-15/h11-12H,2-10H2,1H3. The van der Waals surface area contributed by atoms with Crippen LogP contribution in [0.4, 0.5) is 0 Å². The molecule has 2 aliphatic heterocycles. The molecule has 0 amide bonds. The van der Waals surface area contributed by atoms with Gasteiger partial charge in [-0.05, 0) is 37.5 Å². The number of hydrogen-bond donors (Lipinski definition) is 0. The molecule has 2 fully saturated rings. The van der Waals surface area contributed by atoms with Gasteiger partial charge in [-0.15, -0.1) is 0 Å². The van der Waals surface area contributed by atoms with Crippen LogP contribution < -0.4 is 0 Å². The fraction of sp³-hybridized carbons (Fsp3) is 1.00. The van der Waals surface area contributed by atoms with E-state index in [1.165, 1.54) is 0 Å². The smallest absolute Gasteiger partial charge is 0.195 e. The number of alkyl halides is 1. The van der Waals surface area contributed by atoms with Crippen molar-refractivity contribution in [2.45, 2.75) is 32.6 Å². The number of rotatable bonds is 3. The molecule has 18 heavy (non-hydrogen) atoms. The fourth-order valence-electron chi connectivity index (χ4n) is 2.74. The van der Waals surface area contributed by atoms with Crippen molar-refractivity contribution < 1.29 is 8.42 Å². The summed E-state index contributed by atoms with van der Waals surface area (Å²) in [6, 6.07) is 0. The van der Waals surface area contributed by atoms with E-state index in [0.29, 0.717) is 38.0 Å². The Morgan fingerprint density at radius 2 is 1.78 bits per heavy atom. The van der Waals surface area contributed by atoms with Gasteiger partial charge in [0, 0.05) is 31.5 Å². The van der Waals surface area contributed by atoms with Crippen LogP contribution in [-0.4, -0.2) is 48.5 Å². The molecule has 0 aliphatic carbocycles. The molecule has 2 aliphatic rings. The second kappa shape index (κ2) is 6.20. The zero-order valence-corrected chi connectivity index (χ0v) is 13.4. The van der Waals surface area contributed by atoms with Gasteiger partial charge in [-0.2, -0.15) is 17.0 Å². The summed E-state index contributed by atoms with van der Waals surface area (Å²) in [5, 5.41) is 0.899.